The molecule has 4 nitrogen and oxygen atoms in total. The third kappa shape index (κ3) is 4.59. The number of rotatable bonds is 7. The van der Waals surface area contributed by atoms with Gasteiger partial charge >= 0.3 is 0 Å². The number of benzene rings is 2. The van der Waals surface area contributed by atoms with Crippen LogP contribution < -0.4 is 10.6 Å². The van der Waals surface area contributed by atoms with Crippen molar-refractivity contribution in [3.63, 3.8) is 0 Å². The lowest BCUT2D eigenvalue weighted by Gasteiger charge is -2.19. The number of amides is 1. The topological polar surface area (TPSA) is 61.4 Å². The Morgan fingerprint density at radius 1 is 1.12 bits per heavy atom. The van der Waals surface area contributed by atoms with Gasteiger partial charge in [0, 0.05) is 11.4 Å². The second-order valence-electron chi connectivity index (χ2n) is 6.11. The van der Waals surface area contributed by atoms with Gasteiger partial charge in [-0.3, -0.25) is 4.79 Å². The molecule has 2 rings (SSSR count). The smallest absolute Gasteiger partial charge is 0.246 e. The predicted molar refractivity (Wildman–Crippen MR) is 99.2 cm³/mol. The molecule has 2 unspecified atom stereocenters. The summed E-state index contributed by atoms with van der Waals surface area (Å²) in [5.74, 6) is 0.311. The van der Waals surface area contributed by atoms with Crippen molar-refractivity contribution in [2.24, 2.45) is 0 Å². The molecule has 2 aromatic rings. The van der Waals surface area contributed by atoms with E-state index in [1.807, 2.05) is 49.4 Å². The van der Waals surface area contributed by atoms with E-state index in [1.165, 1.54) is 0 Å². The van der Waals surface area contributed by atoms with Crippen molar-refractivity contribution in [2.75, 3.05) is 10.6 Å². The van der Waals surface area contributed by atoms with Crippen LogP contribution in [0.4, 0.5) is 11.4 Å². The minimum Gasteiger partial charge on any atom is -0.392 e. The number of anilines is 2. The van der Waals surface area contributed by atoms with Crippen molar-refractivity contribution in [2.45, 2.75) is 45.8 Å². The Kier molecular flexibility index (Phi) is 6.38. The van der Waals surface area contributed by atoms with Crippen molar-refractivity contribution in [3.8, 4) is 0 Å². The van der Waals surface area contributed by atoms with E-state index in [1.54, 1.807) is 0 Å². The Morgan fingerprint density at radius 2 is 1.88 bits per heavy atom. The number of aliphatic hydroxyl groups is 1. The maximum Gasteiger partial charge on any atom is 0.246 e. The molecule has 0 spiro atoms. The summed E-state index contributed by atoms with van der Waals surface area (Å²) in [6.07, 6.45) is 1.02. The highest BCUT2D eigenvalue weighted by Gasteiger charge is 2.16. The zero-order chi connectivity index (χ0) is 17.5. The first-order valence-corrected chi connectivity index (χ1v) is 8.41. The van der Waals surface area contributed by atoms with E-state index in [9.17, 15) is 9.90 Å². The summed E-state index contributed by atoms with van der Waals surface area (Å²) in [6, 6.07) is 15.0. The summed E-state index contributed by atoms with van der Waals surface area (Å²) in [5.41, 5.74) is 3.66. The lowest BCUT2D eigenvalue weighted by atomic mass is 9.97. The predicted octanol–water partition coefficient (Wildman–Crippen LogP) is 4.13. The average molecular weight is 326 g/mol. The Hall–Kier alpha value is -2.33. The second-order valence-corrected chi connectivity index (χ2v) is 6.11. The molecule has 0 saturated heterocycles. The van der Waals surface area contributed by atoms with Gasteiger partial charge < -0.3 is 15.7 Å². The van der Waals surface area contributed by atoms with Gasteiger partial charge in [-0.25, -0.2) is 0 Å². The highest BCUT2D eigenvalue weighted by molar-refractivity contribution is 5.96. The van der Waals surface area contributed by atoms with E-state index in [0.717, 1.165) is 28.9 Å². The van der Waals surface area contributed by atoms with Crippen molar-refractivity contribution in [1.82, 2.24) is 0 Å². The maximum absolute atomic E-state index is 12.5. The van der Waals surface area contributed by atoms with Gasteiger partial charge in [0.15, 0.2) is 0 Å². The molecule has 0 radical (unpaired) electrons. The van der Waals surface area contributed by atoms with E-state index >= 15 is 0 Å². The zero-order valence-electron chi connectivity index (χ0n) is 14.5. The maximum atomic E-state index is 12.5. The molecule has 4 heteroatoms. The van der Waals surface area contributed by atoms with E-state index in [0.29, 0.717) is 5.92 Å². The Morgan fingerprint density at radius 3 is 2.58 bits per heavy atom. The number of nitrogens with one attached hydrogen (secondary N) is 2. The van der Waals surface area contributed by atoms with Gasteiger partial charge in [-0.2, -0.15) is 0 Å². The fourth-order valence-corrected chi connectivity index (χ4v) is 2.58. The molecular weight excluding hydrogens is 300 g/mol. The normalized spacial score (nSPS) is 13.2. The average Bonchev–Trinajstić information content (AvgIpc) is 2.61. The summed E-state index contributed by atoms with van der Waals surface area (Å²) in [5, 5.41) is 15.4. The van der Waals surface area contributed by atoms with Crippen LogP contribution in [0.3, 0.4) is 0 Å². The molecule has 0 saturated carbocycles. The second kappa shape index (κ2) is 8.50. The molecule has 0 fully saturated rings. The fraction of sp³-hybridized carbons (Fsp3) is 0.350. The van der Waals surface area contributed by atoms with Gasteiger partial charge in [-0.05, 0) is 48.6 Å². The molecule has 0 aromatic heterocycles. The lowest BCUT2D eigenvalue weighted by Crippen LogP contribution is -2.32. The zero-order valence-corrected chi connectivity index (χ0v) is 14.5. The minimum atomic E-state index is -0.385. The third-order valence-corrected chi connectivity index (χ3v) is 4.25. The van der Waals surface area contributed by atoms with Gasteiger partial charge in [-0.1, -0.05) is 44.2 Å². The Bertz CT molecular complexity index is 685. The van der Waals surface area contributed by atoms with Crippen molar-refractivity contribution >= 4 is 17.3 Å². The van der Waals surface area contributed by atoms with Crippen LogP contribution in [0, 0.1) is 0 Å². The van der Waals surface area contributed by atoms with Crippen LogP contribution in [0.15, 0.2) is 48.5 Å². The van der Waals surface area contributed by atoms with Crippen LogP contribution in [-0.2, 0) is 11.4 Å². The van der Waals surface area contributed by atoms with Crippen molar-refractivity contribution in [1.29, 1.82) is 0 Å². The Labute approximate surface area is 143 Å². The van der Waals surface area contributed by atoms with Gasteiger partial charge in [0.25, 0.3) is 0 Å². The molecule has 0 aliphatic rings. The molecule has 3 N–H and O–H groups in total. The van der Waals surface area contributed by atoms with Crippen LogP contribution in [0.1, 0.15) is 44.2 Å². The van der Waals surface area contributed by atoms with E-state index in [4.69, 9.17) is 0 Å². The van der Waals surface area contributed by atoms with E-state index in [-0.39, 0.29) is 18.6 Å². The molecule has 0 aliphatic heterocycles. The SMILES string of the molecule is CCC(C)c1ccccc1NC(=O)C(C)Nc1cccc(CO)c1. The van der Waals surface area contributed by atoms with Gasteiger partial charge in [0.2, 0.25) is 5.91 Å². The van der Waals surface area contributed by atoms with Gasteiger partial charge in [0.1, 0.15) is 6.04 Å². The van der Waals surface area contributed by atoms with E-state index in [2.05, 4.69) is 30.5 Å². The molecule has 24 heavy (non-hydrogen) atoms. The van der Waals surface area contributed by atoms with Crippen LogP contribution in [0.5, 0.6) is 0 Å². The quantitative estimate of drug-likeness (QED) is 0.717. The van der Waals surface area contributed by atoms with Crippen molar-refractivity contribution < 1.29 is 9.90 Å². The number of hydrogen-bond donors (Lipinski definition) is 3. The lowest BCUT2D eigenvalue weighted by molar-refractivity contribution is -0.116. The standard InChI is InChI=1S/C20H26N2O2/c1-4-14(2)18-10-5-6-11-19(18)22-20(24)15(3)21-17-9-7-8-16(12-17)13-23/h5-12,14-15,21,23H,4,13H2,1-3H3,(H,22,24). The summed E-state index contributed by atoms with van der Waals surface area (Å²) < 4.78 is 0. The molecule has 2 aromatic carbocycles. The fourth-order valence-electron chi connectivity index (χ4n) is 2.58. The number of carbonyl (C=O) groups is 1. The third-order valence-electron chi connectivity index (χ3n) is 4.25. The summed E-state index contributed by atoms with van der Waals surface area (Å²) in [4.78, 5) is 12.5. The van der Waals surface area contributed by atoms with Crippen molar-refractivity contribution in [3.05, 3.63) is 59.7 Å². The minimum absolute atomic E-state index is 0.0155. The highest BCUT2D eigenvalue weighted by Crippen LogP contribution is 2.26. The molecule has 0 heterocycles. The first-order valence-electron chi connectivity index (χ1n) is 8.41. The van der Waals surface area contributed by atoms with Gasteiger partial charge in [-0.15, -0.1) is 0 Å². The molecule has 0 aliphatic carbocycles. The number of aliphatic hydroxyl groups excluding tert-OH is 1. The summed E-state index contributed by atoms with van der Waals surface area (Å²) in [7, 11) is 0. The molecule has 0 bridgehead atoms. The molecule has 1 amide bonds. The monoisotopic (exact) mass is 326 g/mol. The molecule has 128 valence electrons. The number of carbonyl (C=O) groups excluding carboxylic acids is 1. The first-order chi connectivity index (χ1) is 11.5. The largest absolute Gasteiger partial charge is 0.392 e. The molecule has 2 atom stereocenters. The summed E-state index contributed by atoms with van der Waals surface area (Å²) >= 11 is 0. The van der Waals surface area contributed by atoms with Crippen LogP contribution in [-0.4, -0.2) is 17.1 Å². The van der Waals surface area contributed by atoms with Crippen LogP contribution >= 0.6 is 0 Å². The summed E-state index contributed by atoms with van der Waals surface area (Å²) in [6.45, 7) is 6.11. The Balaban J connectivity index is 2.06. The highest BCUT2D eigenvalue weighted by atomic mass is 16.3. The number of hydrogen-bond acceptors (Lipinski definition) is 3. The van der Waals surface area contributed by atoms with Crippen LogP contribution in [0.25, 0.3) is 0 Å². The first kappa shape index (κ1) is 18.0. The van der Waals surface area contributed by atoms with E-state index < -0.39 is 0 Å². The number of para-hydroxylation sites is 1. The van der Waals surface area contributed by atoms with Crippen LogP contribution in [0.2, 0.25) is 0 Å². The van der Waals surface area contributed by atoms with Gasteiger partial charge in [0.05, 0.1) is 6.61 Å². The molecular formula is C20H26N2O2.